The molecule has 1 aliphatic rings. The lowest BCUT2D eigenvalue weighted by Gasteiger charge is -2.31. The molecule has 1 atom stereocenters. The molecule has 0 bridgehead atoms. The first kappa shape index (κ1) is 19.2. The van der Waals surface area contributed by atoms with Gasteiger partial charge in [-0.05, 0) is 32.5 Å². The number of rotatable bonds is 6. The number of nitrogens with one attached hydrogen (secondary N) is 1. The van der Waals surface area contributed by atoms with Crippen LogP contribution in [-0.2, 0) is 16.4 Å². The third-order valence-corrected chi connectivity index (χ3v) is 7.70. The molecule has 0 radical (unpaired) electrons. The summed E-state index contributed by atoms with van der Waals surface area (Å²) in [6.07, 6.45) is 4.31. The second-order valence-corrected chi connectivity index (χ2v) is 9.56. The average molecular weight is 396 g/mol. The second-order valence-electron chi connectivity index (χ2n) is 6.47. The number of sulfonamides is 1. The summed E-state index contributed by atoms with van der Waals surface area (Å²) in [6, 6.07) is 3.36. The zero-order chi connectivity index (χ0) is 18.7. The fourth-order valence-electron chi connectivity index (χ4n) is 2.77. The van der Waals surface area contributed by atoms with Gasteiger partial charge >= 0.3 is 0 Å². The van der Waals surface area contributed by atoms with Crippen LogP contribution >= 0.6 is 11.3 Å². The molecule has 0 aromatic carbocycles. The highest BCUT2D eigenvalue weighted by atomic mass is 32.2. The first-order chi connectivity index (χ1) is 12.4. The number of anilines is 1. The summed E-state index contributed by atoms with van der Waals surface area (Å²) in [5.74, 6) is 0.642. The van der Waals surface area contributed by atoms with Gasteiger partial charge in [0.1, 0.15) is 15.7 Å². The van der Waals surface area contributed by atoms with Crippen molar-refractivity contribution in [2.75, 3.05) is 38.5 Å². The molecule has 1 N–H and O–H groups in total. The van der Waals surface area contributed by atoms with Crippen molar-refractivity contribution in [2.45, 2.75) is 31.2 Å². The zero-order valence-electron chi connectivity index (χ0n) is 15.3. The summed E-state index contributed by atoms with van der Waals surface area (Å²) in [5, 5.41) is 4.28. The summed E-state index contributed by atoms with van der Waals surface area (Å²) in [6.45, 7) is 6.65. The van der Waals surface area contributed by atoms with Gasteiger partial charge in [0.05, 0.1) is 6.04 Å². The maximum Gasteiger partial charge on any atom is 0.244 e. The van der Waals surface area contributed by atoms with Crippen LogP contribution in [0.1, 0.15) is 29.8 Å². The van der Waals surface area contributed by atoms with Gasteiger partial charge in [-0.3, -0.25) is 0 Å². The molecule has 1 unspecified atom stereocenters. The quantitative estimate of drug-likeness (QED) is 0.808. The summed E-state index contributed by atoms with van der Waals surface area (Å²) >= 11 is 1.68. The molecule has 0 saturated carbocycles. The van der Waals surface area contributed by atoms with E-state index < -0.39 is 10.0 Å². The van der Waals surface area contributed by atoms with E-state index in [2.05, 4.69) is 27.1 Å². The summed E-state index contributed by atoms with van der Waals surface area (Å²) in [5.41, 5.74) is 0. The van der Waals surface area contributed by atoms with Crippen molar-refractivity contribution in [1.29, 1.82) is 0 Å². The van der Waals surface area contributed by atoms with E-state index in [0.29, 0.717) is 18.9 Å². The Hall–Kier alpha value is -1.55. The Morgan fingerprint density at radius 3 is 2.50 bits per heavy atom. The number of hydrogen-bond acceptors (Lipinski definition) is 7. The first-order valence-corrected chi connectivity index (χ1v) is 11.0. The van der Waals surface area contributed by atoms with Crippen molar-refractivity contribution in [1.82, 2.24) is 19.2 Å². The van der Waals surface area contributed by atoms with Gasteiger partial charge in [0, 0.05) is 43.4 Å². The molecule has 2 aromatic heterocycles. The van der Waals surface area contributed by atoms with E-state index >= 15 is 0 Å². The van der Waals surface area contributed by atoms with Crippen molar-refractivity contribution in [3.05, 3.63) is 34.4 Å². The van der Waals surface area contributed by atoms with Gasteiger partial charge < -0.3 is 10.2 Å². The number of nitrogens with zero attached hydrogens (tertiary/aromatic N) is 4. The lowest BCUT2D eigenvalue weighted by Crippen LogP contribution is -2.47. The number of likely N-dealkylation sites (N-methyl/N-ethyl adjacent to an activating group) is 1. The van der Waals surface area contributed by atoms with E-state index in [-0.39, 0.29) is 10.9 Å². The highest BCUT2D eigenvalue weighted by Gasteiger charge is 2.27. The van der Waals surface area contributed by atoms with Crippen molar-refractivity contribution < 1.29 is 8.42 Å². The van der Waals surface area contributed by atoms with Crippen LogP contribution in [-0.4, -0.2) is 60.8 Å². The second kappa shape index (κ2) is 7.99. The molecule has 1 saturated heterocycles. The highest BCUT2D eigenvalue weighted by Crippen LogP contribution is 2.24. The molecule has 1 fully saturated rings. The van der Waals surface area contributed by atoms with Crippen LogP contribution in [0.2, 0.25) is 0 Å². The summed E-state index contributed by atoms with van der Waals surface area (Å²) in [4.78, 5) is 12.3. The zero-order valence-corrected chi connectivity index (χ0v) is 17.0. The fraction of sp³-hybridized carbons (Fsp3) is 0.529. The first-order valence-electron chi connectivity index (χ1n) is 8.76. The molecule has 7 nitrogen and oxygen atoms in total. The third kappa shape index (κ3) is 4.22. The Bertz CT molecular complexity index is 827. The number of pyridine rings is 1. The van der Waals surface area contributed by atoms with Crippen LogP contribution in [0.3, 0.4) is 0 Å². The van der Waals surface area contributed by atoms with E-state index in [9.17, 15) is 8.42 Å². The Morgan fingerprint density at radius 2 is 1.92 bits per heavy atom. The Morgan fingerprint density at radius 1 is 1.19 bits per heavy atom. The monoisotopic (exact) mass is 395 g/mol. The SMILES string of the molecule is CCc1cnc(C(C)Nc2ccc(S(=O)(=O)N3CCN(C)CC3)cn2)s1. The minimum atomic E-state index is -3.48. The predicted octanol–water partition coefficient (Wildman–Crippen LogP) is 2.21. The number of hydrogen-bond donors (Lipinski definition) is 1. The van der Waals surface area contributed by atoms with Crippen LogP contribution in [0, 0.1) is 0 Å². The molecule has 0 aliphatic carbocycles. The van der Waals surface area contributed by atoms with E-state index in [1.165, 1.54) is 15.4 Å². The normalized spacial score (nSPS) is 18.0. The standard InChI is InChI=1S/C17H25N5O2S2/c1-4-14-11-19-17(25-14)13(2)20-16-6-5-15(12-18-16)26(23,24)22-9-7-21(3)8-10-22/h5-6,11-13H,4,7-10H2,1-3H3,(H,18,20). The van der Waals surface area contributed by atoms with Crippen LogP contribution in [0.5, 0.6) is 0 Å². The lowest BCUT2D eigenvalue weighted by atomic mass is 10.3. The Kier molecular flexibility index (Phi) is 5.91. The van der Waals surface area contributed by atoms with Gasteiger partial charge in [-0.2, -0.15) is 4.31 Å². The van der Waals surface area contributed by atoms with Crippen molar-refractivity contribution in [3.63, 3.8) is 0 Å². The van der Waals surface area contributed by atoms with Crippen LogP contribution in [0.15, 0.2) is 29.4 Å². The molecule has 26 heavy (non-hydrogen) atoms. The van der Waals surface area contributed by atoms with Gasteiger partial charge in [-0.25, -0.2) is 18.4 Å². The molecule has 3 rings (SSSR count). The number of aromatic nitrogens is 2. The largest absolute Gasteiger partial charge is 0.361 e. The van der Waals surface area contributed by atoms with Crippen molar-refractivity contribution in [2.24, 2.45) is 0 Å². The van der Waals surface area contributed by atoms with Crippen molar-refractivity contribution >= 4 is 27.2 Å². The maximum atomic E-state index is 12.7. The van der Waals surface area contributed by atoms with Gasteiger partial charge in [0.2, 0.25) is 10.0 Å². The number of piperazine rings is 1. The molecule has 9 heteroatoms. The van der Waals surface area contributed by atoms with Crippen molar-refractivity contribution in [3.8, 4) is 0 Å². The van der Waals surface area contributed by atoms with E-state index in [4.69, 9.17) is 0 Å². The topological polar surface area (TPSA) is 78.4 Å². The molecule has 1 aliphatic heterocycles. The van der Waals surface area contributed by atoms with Crippen LogP contribution < -0.4 is 5.32 Å². The molecule has 2 aromatic rings. The predicted molar refractivity (Wildman–Crippen MR) is 104 cm³/mol. The Labute approximate surface area is 159 Å². The molecular formula is C17H25N5O2S2. The van der Waals surface area contributed by atoms with Crippen LogP contribution in [0.25, 0.3) is 0 Å². The minimum absolute atomic E-state index is 0.0212. The molecule has 0 spiro atoms. The maximum absolute atomic E-state index is 12.7. The van der Waals surface area contributed by atoms with Gasteiger partial charge in [0.25, 0.3) is 0 Å². The molecular weight excluding hydrogens is 370 g/mol. The summed E-state index contributed by atoms with van der Waals surface area (Å²) < 4.78 is 27.0. The van der Waals surface area contributed by atoms with Gasteiger partial charge in [-0.1, -0.05) is 6.92 Å². The minimum Gasteiger partial charge on any atom is -0.361 e. The van der Waals surface area contributed by atoms with Gasteiger partial charge in [-0.15, -0.1) is 11.3 Å². The lowest BCUT2D eigenvalue weighted by molar-refractivity contribution is 0.222. The van der Waals surface area contributed by atoms with E-state index in [1.54, 1.807) is 23.5 Å². The summed E-state index contributed by atoms with van der Waals surface area (Å²) in [7, 11) is -1.48. The van der Waals surface area contributed by atoms with E-state index in [0.717, 1.165) is 24.5 Å². The fourth-order valence-corrected chi connectivity index (χ4v) is 4.99. The highest BCUT2D eigenvalue weighted by molar-refractivity contribution is 7.89. The van der Waals surface area contributed by atoms with E-state index in [1.807, 2.05) is 20.2 Å². The molecule has 3 heterocycles. The average Bonchev–Trinajstić information content (AvgIpc) is 3.12. The van der Waals surface area contributed by atoms with Crippen LogP contribution in [0.4, 0.5) is 5.82 Å². The molecule has 0 amide bonds. The number of aryl methyl sites for hydroxylation is 1. The number of thiazole rings is 1. The Balaban J connectivity index is 1.67. The smallest absolute Gasteiger partial charge is 0.244 e. The third-order valence-electron chi connectivity index (χ3n) is 4.49. The molecule has 142 valence electrons. The van der Waals surface area contributed by atoms with Gasteiger partial charge in [0.15, 0.2) is 0 Å².